The first kappa shape index (κ1) is 11.3. The maximum absolute atomic E-state index is 2.32. The lowest BCUT2D eigenvalue weighted by Gasteiger charge is -2.28. The SMILES string of the molecule is CC(C)[C@H](Cc1ccccc1)N(C)C. The molecule has 0 aromatic heterocycles. The van der Waals surface area contributed by atoms with Gasteiger partial charge < -0.3 is 4.90 Å². The summed E-state index contributed by atoms with van der Waals surface area (Å²) in [5.74, 6) is 0.699. The minimum absolute atomic E-state index is 0.636. The highest BCUT2D eigenvalue weighted by Crippen LogP contribution is 2.13. The van der Waals surface area contributed by atoms with Crippen LogP contribution in [0.5, 0.6) is 0 Å². The third-order valence-electron chi connectivity index (χ3n) is 2.72. The molecule has 0 unspecified atom stereocenters. The molecule has 14 heavy (non-hydrogen) atoms. The lowest BCUT2D eigenvalue weighted by Crippen LogP contribution is -2.34. The van der Waals surface area contributed by atoms with Crippen molar-refractivity contribution >= 4 is 0 Å². The molecule has 0 aliphatic heterocycles. The highest BCUT2D eigenvalue weighted by molar-refractivity contribution is 5.16. The molecule has 1 aromatic carbocycles. The van der Waals surface area contributed by atoms with Crippen LogP contribution in [0, 0.1) is 5.92 Å². The number of likely N-dealkylation sites (N-methyl/N-ethyl adjacent to an activating group) is 1. The first-order chi connectivity index (χ1) is 6.61. The normalized spacial score (nSPS) is 13.6. The van der Waals surface area contributed by atoms with Crippen molar-refractivity contribution in [2.75, 3.05) is 14.1 Å². The summed E-state index contributed by atoms with van der Waals surface area (Å²) < 4.78 is 0. The zero-order valence-electron chi connectivity index (χ0n) is 9.70. The fourth-order valence-electron chi connectivity index (χ4n) is 1.87. The van der Waals surface area contributed by atoms with Crippen LogP contribution < -0.4 is 0 Å². The second kappa shape index (κ2) is 5.16. The van der Waals surface area contributed by atoms with Gasteiger partial charge in [0.15, 0.2) is 0 Å². The molecule has 0 spiro atoms. The zero-order chi connectivity index (χ0) is 10.6. The van der Waals surface area contributed by atoms with Crippen LogP contribution in [-0.4, -0.2) is 25.0 Å². The largest absolute Gasteiger partial charge is 0.306 e. The molecule has 1 nitrogen and oxygen atoms in total. The molecule has 0 saturated heterocycles. The summed E-state index contributed by atoms with van der Waals surface area (Å²) in [4.78, 5) is 2.32. The number of benzene rings is 1. The number of hydrogen-bond donors (Lipinski definition) is 0. The molecule has 1 heteroatoms. The molecule has 0 heterocycles. The Kier molecular flexibility index (Phi) is 4.15. The summed E-state index contributed by atoms with van der Waals surface area (Å²) in [7, 11) is 4.32. The van der Waals surface area contributed by atoms with Crippen LogP contribution >= 0.6 is 0 Å². The van der Waals surface area contributed by atoms with Crippen molar-refractivity contribution in [3.63, 3.8) is 0 Å². The third-order valence-corrected chi connectivity index (χ3v) is 2.72. The molecule has 1 atom stereocenters. The Bertz CT molecular complexity index is 243. The van der Waals surface area contributed by atoms with E-state index in [1.54, 1.807) is 0 Å². The van der Waals surface area contributed by atoms with E-state index >= 15 is 0 Å². The quantitative estimate of drug-likeness (QED) is 0.707. The van der Waals surface area contributed by atoms with Crippen LogP contribution in [0.15, 0.2) is 30.3 Å². The van der Waals surface area contributed by atoms with Crippen LogP contribution in [0.2, 0.25) is 0 Å². The van der Waals surface area contributed by atoms with Crippen molar-refractivity contribution in [1.82, 2.24) is 4.90 Å². The second-order valence-electron chi connectivity index (χ2n) is 4.46. The van der Waals surface area contributed by atoms with Crippen molar-refractivity contribution in [3.05, 3.63) is 35.9 Å². The molecule has 0 aliphatic rings. The Morgan fingerprint density at radius 3 is 2.07 bits per heavy atom. The molecule has 0 N–H and O–H groups in total. The Morgan fingerprint density at radius 1 is 1.07 bits per heavy atom. The molecule has 1 aromatic rings. The van der Waals surface area contributed by atoms with Gasteiger partial charge in [-0.15, -0.1) is 0 Å². The number of hydrogen-bond acceptors (Lipinski definition) is 1. The third kappa shape index (κ3) is 3.15. The van der Waals surface area contributed by atoms with Crippen LogP contribution in [0.1, 0.15) is 19.4 Å². The van der Waals surface area contributed by atoms with E-state index < -0.39 is 0 Å². The van der Waals surface area contributed by atoms with E-state index in [0.717, 1.165) is 6.42 Å². The van der Waals surface area contributed by atoms with Gasteiger partial charge in [-0.2, -0.15) is 0 Å². The van der Waals surface area contributed by atoms with Gasteiger partial charge in [-0.25, -0.2) is 0 Å². The van der Waals surface area contributed by atoms with E-state index in [-0.39, 0.29) is 0 Å². The van der Waals surface area contributed by atoms with Crippen LogP contribution in [0.4, 0.5) is 0 Å². The van der Waals surface area contributed by atoms with Gasteiger partial charge in [0.05, 0.1) is 0 Å². The van der Waals surface area contributed by atoms with Crippen LogP contribution in [0.3, 0.4) is 0 Å². The lowest BCUT2D eigenvalue weighted by atomic mass is 9.96. The molecule has 0 aliphatic carbocycles. The van der Waals surface area contributed by atoms with Gasteiger partial charge in [-0.05, 0) is 32.0 Å². The van der Waals surface area contributed by atoms with Crippen molar-refractivity contribution < 1.29 is 0 Å². The maximum Gasteiger partial charge on any atom is 0.0152 e. The summed E-state index contributed by atoms with van der Waals surface area (Å²) >= 11 is 0. The molecule has 78 valence electrons. The van der Waals surface area contributed by atoms with E-state index in [1.807, 2.05) is 0 Å². The van der Waals surface area contributed by atoms with E-state index in [4.69, 9.17) is 0 Å². The van der Waals surface area contributed by atoms with Gasteiger partial charge in [-0.3, -0.25) is 0 Å². The first-order valence-electron chi connectivity index (χ1n) is 5.31. The first-order valence-corrected chi connectivity index (χ1v) is 5.31. The van der Waals surface area contributed by atoms with Gasteiger partial charge in [0.2, 0.25) is 0 Å². The van der Waals surface area contributed by atoms with Gasteiger partial charge in [-0.1, -0.05) is 44.2 Å². The summed E-state index contributed by atoms with van der Waals surface area (Å²) in [6.07, 6.45) is 1.14. The molecule has 0 radical (unpaired) electrons. The van der Waals surface area contributed by atoms with Crippen molar-refractivity contribution in [2.24, 2.45) is 5.92 Å². The van der Waals surface area contributed by atoms with Crippen LogP contribution in [0.25, 0.3) is 0 Å². The zero-order valence-corrected chi connectivity index (χ0v) is 9.70. The summed E-state index contributed by atoms with van der Waals surface area (Å²) in [5, 5.41) is 0. The topological polar surface area (TPSA) is 3.24 Å². The molecular weight excluding hydrogens is 170 g/mol. The lowest BCUT2D eigenvalue weighted by molar-refractivity contribution is 0.230. The number of nitrogens with zero attached hydrogens (tertiary/aromatic N) is 1. The minimum Gasteiger partial charge on any atom is -0.306 e. The van der Waals surface area contributed by atoms with Gasteiger partial charge >= 0.3 is 0 Å². The van der Waals surface area contributed by atoms with Gasteiger partial charge in [0, 0.05) is 6.04 Å². The standard InChI is InChI=1S/C13H21N/c1-11(2)13(14(3)4)10-12-8-6-5-7-9-12/h5-9,11,13H,10H2,1-4H3/t13-/m0/s1. The Morgan fingerprint density at radius 2 is 1.64 bits per heavy atom. The van der Waals surface area contributed by atoms with E-state index in [9.17, 15) is 0 Å². The van der Waals surface area contributed by atoms with Gasteiger partial charge in [0.25, 0.3) is 0 Å². The number of rotatable bonds is 4. The maximum atomic E-state index is 2.32. The summed E-state index contributed by atoms with van der Waals surface area (Å²) in [6.45, 7) is 4.57. The molecule has 0 fully saturated rings. The molecule has 1 rings (SSSR count). The van der Waals surface area contributed by atoms with E-state index in [2.05, 4.69) is 63.2 Å². The molecule has 0 amide bonds. The average molecular weight is 191 g/mol. The Labute approximate surface area is 87.7 Å². The summed E-state index contributed by atoms with van der Waals surface area (Å²) in [6, 6.07) is 11.4. The average Bonchev–Trinajstić information content (AvgIpc) is 2.15. The summed E-state index contributed by atoms with van der Waals surface area (Å²) in [5.41, 5.74) is 1.43. The predicted octanol–water partition coefficient (Wildman–Crippen LogP) is 2.82. The minimum atomic E-state index is 0.636. The molecular formula is C13H21N. The Hall–Kier alpha value is -0.820. The smallest absolute Gasteiger partial charge is 0.0152 e. The van der Waals surface area contributed by atoms with Crippen molar-refractivity contribution in [2.45, 2.75) is 26.3 Å². The molecule has 0 bridgehead atoms. The van der Waals surface area contributed by atoms with Crippen LogP contribution in [-0.2, 0) is 6.42 Å². The monoisotopic (exact) mass is 191 g/mol. The van der Waals surface area contributed by atoms with E-state index in [0.29, 0.717) is 12.0 Å². The fraction of sp³-hybridized carbons (Fsp3) is 0.538. The second-order valence-corrected chi connectivity index (χ2v) is 4.46. The molecule has 0 saturated carbocycles. The highest BCUT2D eigenvalue weighted by Gasteiger charge is 2.15. The van der Waals surface area contributed by atoms with Gasteiger partial charge in [0.1, 0.15) is 0 Å². The Balaban J connectivity index is 2.65. The van der Waals surface area contributed by atoms with Crippen molar-refractivity contribution in [1.29, 1.82) is 0 Å². The highest BCUT2D eigenvalue weighted by atomic mass is 15.1. The fourth-order valence-corrected chi connectivity index (χ4v) is 1.87. The predicted molar refractivity (Wildman–Crippen MR) is 62.5 cm³/mol. The van der Waals surface area contributed by atoms with Crippen molar-refractivity contribution in [3.8, 4) is 0 Å². The van der Waals surface area contributed by atoms with E-state index in [1.165, 1.54) is 5.56 Å².